The molecule has 2 heterocycles. The second-order valence-electron chi connectivity index (χ2n) is 5.97. The summed E-state index contributed by atoms with van der Waals surface area (Å²) in [5.74, 6) is 0.925. The zero-order valence-electron chi connectivity index (χ0n) is 13.5. The molecule has 0 aliphatic carbocycles. The van der Waals surface area contributed by atoms with E-state index in [2.05, 4.69) is 31.7 Å². The van der Waals surface area contributed by atoms with Gasteiger partial charge in [-0.25, -0.2) is 4.98 Å². The van der Waals surface area contributed by atoms with Crippen molar-refractivity contribution in [3.63, 3.8) is 0 Å². The second kappa shape index (κ2) is 6.92. The normalized spacial score (nSPS) is 16.8. The number of aromatic nitrogens is 1. The Morgan fingerprint density at radius 3 is 2.52 bits per heavy atom. The predicted molar refractivity (Wildman–Crippen MR) is 86.9 cm³/mol. The van der Waals surface area contributed by atoms with E-state index < -0.39 is 0 Å². The van der Waals surface area contributed by atoms with Gasteiger partial charge in [0.05, 0.1) is 11.3 Å². The van der Waals surface area contributed by atoms with E-state index >= 15 is 0 Å². The van der Waals surface area contributed by atoms with Crippen molar-refractivity contribution in [2.45, 2.75) is 58.8 Å². The first-order chi connectivity index (χ1) is 10.1. The Morgan fingerprint density at radius 1 is 1.33 bits per heavy atom. The maximum atomic E-state index is 11.9. The molecule has 1 atom stereocenters. The summed E-state index contributed by atoms with van der Waals surface area (Å²) in [4.78, 5) is 19.0. The van der Waals surface area contributed by atoms with Gasteiger partial charge in [0.1, 0.15) is 5.82 Å². The van der Waals surface area contributed by atoms with Gasteiger partial charge in [0.2, 0.25) is 0 Å². The molecule has 1 aromatic heterocycles. The zero-order valence-corrected chi connectivity index (χ0v) is 13.5. The van der Waals surface area contributed by atoms with Crippen LogP contribution < -0.4 is 10.6 Å². The van der Waals surface area contributed by atoms with Crippen molar-refractivity contribution in [1.29, 1.82) is 0 Å². The first-order valence-electron chi connectivity index (χ1n) is 8.17. The highest BCUT2D eigenvalue weighted by atomic mass is 16.1. The van der Waals surface area contributed by atoms with Gasteiger partial charge < -0.3 is 10.6 Å². The molecule has 21 heavy (non-hydrogen) atoms. The third-order valence-electron chi connectivity index (χ3n) is 4.50. The number of piperidine rings is 1. The van der Waals surface area contributed by atoms with Crippen LogP contribution in [0.3, 0.4) is 0 Å². The summed E-state index contributed by atoms with van der Waals surface area (Å²) in [5.41, 5.74) is 8.18. The molecule has 1 amide bonds. The van der Waals surface area contributed by atoms with Crippen LogP contribution in [0.1, 0.15) is 74.0 Å². The van der Waals surface area contributed by atoms with E-state index in [-0.39, 0.29) is 11.8 Å². The standard InChI is InChI=1S/C17H27N3O/c1-4-12(3)16-15(17(18)21)13(5-2)11-14(19-16)20-9-7-6-8-10-20/h11-12H,4-10H2,1-3H3,(H2,18,21). The molecule has 1 aliphatic heterocycles. The molecule has 2 N–H and O–H groups in total. The number of hydrogen-bond donors (Lipinski definition) is 1. The molecule has 4 heteroatoms. The number of carbonyl (C=O) groups is 1. The summed E-state index contributed by atoms with van der Waals surface area (Å²) in [6, 6.07) is 2.07. The molecule has 1 unspecified atom stereocenters. The Balaban J connectivity index is 2.50. The van der Waals surface area contributed by atoms with Crippen molar-refractivity contribution in [1.82, 2.24) is 4.98 Å². The topological polar surface area (TPSA) is 59.2 Å². The Hall–Kier alpha value is -1.58. The summed E-state index contributed by atoms with van der Waals surface area (Å²) >= 11 is 0. The Bertz CT molecular complexity index is 507. The van der Waals surface area contributed by atoms with Gasteiger partial charge in [-0.1, -0.05) is 20.8 Å². The number of nitrogens with two attached hydrogens (primary N) is 1. The van der Waals surface area contributed by atoms with Gasteiger partial charge in [-0.2, -0.15) is 0 Å². The predicted octanol–water partition coefficient (Wildman–Crippen LogP) is 3.25. The molecule has 2 rings (SSSR count). The molecule has 0 radical (unpaired) electrons. The lowest BCUT2D eigenvalue weighted by Gasteiger charge is -2.29. The van der Waals surface area contributed by atoms with Crippen molar-refractivity contribution >= 4 is 11.7 Å². The van der Waals surface area contributed by atoms with Crippen molar-refractivity contribution in [3.05, 3.63) is 22.9 Å². The lowest BCUT2D eigenvalue weighted by atomic mass is 9.94. The Labute approximate surface area is 127 Å². The number of amides is 1. The molecule has 0 saturated carbocycles. The van der Waals surface area contributed by atoms with Crippen molar-refractivity contribution in [2.24, 2.45) is 5.73 Å². The lowest BCUT2D eigenvalue weighted by Crippen LogP contribution is -2.31. The van der Waals surface area contributed by atoms with E-state index in [9.17, 15) is 4.79 Å². The molecular weight excluding hydrogens is 262 g/mol. The quantitative estimate of drug-likeness (QED) is 0.905. The number of hydrogen-bond acceptors (Lipinski definition) is 3. The van der Waals surface area contributed by atoms with Crippen LogP contribution in [-0.2, 0) is 6.42 Å². The third-order valence-corrected chi connectivity index (χ3v) is 4.50. The Kier molecular flexibility index (Phi) is 5.21. The molecule has 1 aromatic rings. The van der Waals surface area contributed by atoms with Crippen LogP contribution in [0.5, 0.6) is 0 Å². The Morgan fingerprint density at radius 2 is 2.00 bits per heavy atom. The largest absolute Gasteiger partial charge is 0.366 e. The van der Waals surface area contributed by atoms with Crippen LogP contribution in [0.2, 0.25) is 0 Å². The van der Waals surface area contributed by atoms with E-state index in [0.29, 0.717) is 5.56 Å². The van der Waals surface area contributed by atoms with E-state index in [1.165, 1.54) is 19.3 Å². The lowest BCUT2D eigenvalue weighted by molar-refractivity contribution is 0.0997. The molecule has 0 bridgehead atoms. The minimum atomic E-state index is -0.347. The van der Waals surface area contributed by atoms with Gasteiger partial charge in [0, 0.05) is 13.1 Å². The molecule has 0 aromatic carbocycles. The summed E-state index contributed by atoms with van der Waals surface area (Å²) < 4.78 is 0. The second-order valence-corrected chi connectivity index (χ2v) is 5.97. The minimum Gasteiger partial charge on any atom is -0.366 e. The highest BCUT2D eigenvalue weighted by Gasteiger charge is 2.22. The average molecular weight is 289 g/mol. The first-order valence-corrected chi connectivity index (χ1v) is 8.17. The molecule has 1 aliphatic rings. The van der Waals surface area contributed by atoms with Gasteiger partial charge in [0.25, 0.3) is 5.91 Å². The number of aryl methyl sites for hydroxylation is 1. The van der Waals surface area contributed by atoms with Crippen LogP contribution in [0.4, 0.5) is 5.82 Å². The van der Waals surface area contributed by atoms with Crippen molar-refractivity contribution in [2.75, 3.05) is 18.0 Å². The zero-order chi connectivity index (χ0) is 15.4. The van der Waals surface area contributed by atoms with Gasteiger partial charge >= 0.3 is 0 Å². The summed E-state index contributed by atoms with van der Waals surface area (Å²) in [6.45, 7) is 8.44. The van der Waals surface area contributed by atoms with Gasteiger partial charge in [-0.15, -0.1) is 0 Å². The maximum absolute atomic E-state index is 11.9. The highest BCUT2D eigenvalue weighted by molar-refractivity contribution is 5.96. The van der Waals surface area contributed by atoms with Crippen LogP contribution in [0, 0.1) is 0 Å². The molecule has 1 saturated heterocycles. The summed E-state index contributed by atoms with van der Waals surface area (Å²) in [5, 5.41) is 0. The van der Waals surface area contributed by atoms with Gasteiger partial charge in [-0.3, -0.25) is 4.79 Å². The SMILES string of the molecule is CCc1cc(N2CCCCC2)nc(C(C)CC)c1C(N)=O. The highest BCUT2D eigenvalue weighted by Crippen LogP contribution is 2.29. The van der Waals surface area contributed by atoms with E-state index in [1.54, 1.807) is 0 Å². The fraction of sp³-hybridized carbons (Fsp3) is 0.647. The number of pyridine rings is 1. The number of rotatable bonds is 5. The first kappa shape index (κ1) is 15.8. The fourth-order valence-electron chi connectivity index (χ4n) is 3.00. The maximum Gasteiger partial charge on any atom is 0.250 e. The summed E-state index contributed by atoms with van der Waals surface area (Å²) in [6.07, 6.45) is 5.51. The monoisotopic (exact) mass is 289 g/mol. The van der Waals surface area contributed by atoms with E-state index in [1.807, 2.05) is 0 Å². The number of nitrogens with zero attached hydrogens (tertiary/aromatic N) is 2. The third kappa shape index (κ3) is 3.36. The fourth-order valence-corrected chi connectivity index (χ4v) is 3.00. The molecular formula is C17H27N3O. The molecule has 1 fully saturated rings. The van der Waals surface area contributed by atoms with Crippen LogP contribution in [0.25, 0.3) is 0 Å². The smallest absolute Gasteiger partial charge is 0.250 e. The molecule has 0 spiro atoms. The summed E-state index contributed by atoms with van der Waals surface area (Å²) in [7, 11) is 0. The average Bonchev–Trinajstić information content (AvgIpc) is 2.53. The number of primary amides is 1. The van der Waals surface area contributed by atoms with Crippen LogP contribution >= 0.6 is 0 Å². The number of anilines is 1. The minimum absolute atomic E-state index is 0.252. The van der Waals surface area contributed by atoms with E-state index in [0.717, 1.165) is 43.0 Å². The van der Waals surface area contributed by atoms with Crippen LogP contribution in [-0.4, -0.2) is 24.0 Å². The molecule has 4 nitrogen and oxygen atoms in total. The van der Waals surface area contributed by atoms with Gasteiger partial charge in [-0.05, 0) is 49.7 Å². The van der Waals surface area contributed by atoms with Gasteiger partial charge in [0.15, 0.2) is 0 Å². The van der Waals surface area contributed by atoms with Crippen molar-refractivity contribution in [3.8, 4) is 0 Å². The van der Waals surface area contributed by atoms with Crippen molar-refractivity contribution < 1.29 is 4.79 Å². The van der Waals surface area contributed by atoms with E-state index in [4.69, 9.17) is 10.7 Å². The van der Waals surface area contributed by atoms with Crippen LogP contribution in [0.15, 0.2) is 6.07 Å². The molecule has 116 valence electrons. The number of carbonyl (C=O) groups excluding carboxylic acids is 1.